The largest absolute Gasteiger partial charge is 0.421 e. The van der Waals surface area contributed by atoms with Gasteiger partial charge in [-0.2, -0.15) is 36.5 Å². The van der Waals surface area contributed by atoms with E-state index in [2.05, 4.69) is 50.1 Å². The van der Waals surface area contributed by atoms with Gasteiger partial charge in [-0.05, 0) is 50.2 Å². The zero-order chi connectivity index (χ0) is 41.3. The second kappa shape index (κ2) is 16.3. The SMILES string of the molecule is CC1CN(Cc2cn[nH]c2-c2ccc(Oc3ccc(-c4[nH]ncc4CN4CCN(c5ccc(C(F)(F)F)cn5)C(C)C4)cn3)nc2)CCN1c1ccc(C(F)(F)F)cn1. The zero-order valence-corrected chi connectivity index (χ0v) is 32.0. The summed E-state index contributed by atoms with van der Waals surface area (Å²) in [7, 11) is 0. The number of hydrogen-bond acceptors (Lipinski definition) is 11. The molecule has 8 rings (SSSR count). The Balaban J connectivity index is 0.838. The van der Waals surface area contributed by atoms with E-state index in [4.69, 9.17) is 4.74 Å². The van der Waals surface area contributed by atoms with Crippen molar-refractivity contribution in [1.82, 2.24) is 50.1 Å². The molecular weight excluding hydrogens is 779 g/mol. The zero-order valence-electron chi connectivity index (χ0n) is 32.0. The smallest absolute Gasteiger partial charge is 0.417 e. The minimum atomic E-state index is -4.42. The second-order valence-electron chi connectivity index (χ2n) is 14.8. The number of pyridine rings is 4. The number of halogens is 6. The summed E-state index contributed by atoms with van der Waals surface area (Å²) in [6.45, 7) is 9.32. The van der Waals surface area contributed by atoms with Crippen molar-refractivity contribution in [3.05, 3.63) is 108 Å². The molecule has 6 aromatic heterocycles. The lowest BCUT2D eigenvalue weighted by molar-refractivity contribution is -0.138. The monoisotopic (exact) mass is 818 g/mol. The van der Waals surface area contributed by atoms with E-state index in [-0.39, 0.29) is 12.1 Å². The Kier molecular flexibility index (Phi) is 11.0. The van der Waals surface area contributed by atoms with Gasteiger partial charge in [0.05, 0.1) is 34.9 Å². The number of aromatic amines is 2. The maximum absolute atomic E-state index is 13.0. The lowest BCUT2D eigenvalue weighted by atomic mass is 10.1. The Hall–Kier alpha value is -6.08. The van der Waals surface area contributed by atoms with Crippen LogP contribution in [0.15, 0.2) is 85.7 Å². The van der Waals surface area contributed by atoms with Crippen molar-refractivity contribution >= 4 is 11.6 Å². The van der Waals surface area contributed by atoms with Gasteiger partial charge in [-0.15, -0.1) is 0 Å². The Morgan fingerprint density at radius 2 is 1.00 bits per heavy atom. The lowest BCUT2D eigenvalue weighted by Gasteiger charge is -2.40. The van der Waals surface area contributed by atoms with Crippen LogP contribution in [0.25, 0.3) is 22.5 Å². The standard InChI is InChI=1S/C40H40F6N12O/c1-25-21-55(11-13-57(25)33-7-5-31(19-47-33)39(41,42)43)23-29-17-51-53-37(29)27-3-9-35(49-15-27)59-36-10-4-28(16-50-36)38-30(18-52-54-38)24-56-12-14-58(26(2)22-56)34-8-6-32(20-48-34)40(44,45)46/h3-10,15-20,25-26H,11-14,21-24H2,1-2H3,(H,51,53)(H,52,54). The molecule has 0 bridgehead atoms. The van der Waals surface area contributed by atoms with E-state index in [0.29, 0.717) is 75.8 Å². The van der Waals surface area contributed by atoms with Crippen molar-refractivity contribution in [3.63, 3.8) is 0 Å². The number of alkyl halides is 6. The molecule has 8 heterocycles. The van der Waals surface area contributed by atoms with Crippen LogP contribution in [0.3, 0.4) is 0 Å². The van der Waals surface area contributed by atoms with Crippen LogP contribution in [0.5, 0.6) is 11.8 Å². The van der Waals surface area contributed by atoms with Gasteiger partial charge >= 0.3 is 12.4 Å². The summed E-state index contributed by atoms with van der Waals surface area (Å²) in [5.41, 5.74) is 3.75. The Bertz CT molecular complexity index is 2150. The molecule has 308 valence electrons. The fourth-order valence-corrected chi connectivity index (χ4v) is 7.61. The molecular formula is C40H40F6N12O. The summed E-state index contributed by atoms with van der Waals surface area (Å²) in [5, 5.41) is 14.7. The maximum atomic E-state index is 13.0. The molecule has 0 aliphatic carbocycles. The van der Waals surface area contributed by atoms with Gasteiger partial charge < -0.3 is 14.5 Å². The minimum Gasteiger partial charge on any atom is -0.421 e. The number of aromatic nitrogens is 8. The van der Waals surface area contributed by atoms with Gasteiger partial charge in [0, 0.05) is 124 Å². The molecule has 0 saturated carbocycles. The first-order chi connectivity index (χ1) is 28.3. The highest BCUT2D eigenvalue weighted by Gasteiger charge is 2.33. The summed E-state index contributed by atoms with van der Waals surface area (Å²) in [6.07, 6.45) is -0.101. The number of anilines is 2. The van der Waals surface area contributed by atoms with Gasteiger partial charge in [0.25, 0.3) is 0 Å². The molecule has 2 aliphatic heterocycles. The molecule has 2 aliphatic rings. The van der Waals surface area contributed by atoms with Crippen LogP contribution >= 0.6 is 0 Å². The molecule has 6 aromatic rings. The first-order valence-electron chi connectivity index (χ1n) is 19.0. The maximum Gasteiger partial charge on any atom is 0.417 e. The van der Waals surface area contributed by atoms with Crippen LogP contribution in [-0.2, 0) is 25.4 Å². The lowest BCUT2D eigenvalue weighted by Crippen LogP contribution is -2.51. The summed E-state index contributed by atoms with van der Waals surface area (Å²) < 4.78 is 84.1. The highest BCUT2D eigenvalue weighted by molar-refractivity contribution is 5.63. The summed E-state index contributed by atoms with van der Waals surface area (Å²) in [5.74, 6) is 1.77. The number of hydrogen-bond donors (Lipinski definition) is 2. The van der Waals surface area contributed by atoms with E-state index in [1.54, 1.807) is 36.9 Å². The van der Waals surface area contributed by atoms with Crippen molar-refractivity contribution in [1.29, 1.82) is 0 Å². The predicted molar refractivity (Wildman–Crippen MR) is 206 cm³/mol. The number of nitrogens with one attached hydrogen (secondary N) is 2. The van der Waals surface area contributed by atoms with E-state index in [1.165, 1.54) is 12.1 Å². The topological polar surface area (TPSA) is 131 Å². The minimum absolute atomic E-state index is 0.0349. The van der Waals surface area contributed by atoms with Crippen molar-refractivity contribution in [3.8, 4) is 34.3 Å². The first kappa shape index (κ1) is 39.7. The highest BCUT2D eigenvalue weighted by atomic mass is 19.4. The average molecular weight is 819 g/mol. The number of nitrogens with zero attached hydrogens (tertiary/aromatic N) is 10. The van der Waals surface area contributed by atoms with E-state index < -0.39 is 23.5 Å². The molecule has 19 heteroatoms. The number of piperazine rings is 2. The average Bonchev–Trinajstić information content (AvgIpc) is 3.88. The fraction of sp³-hybridized carbons (Fsp3) is 0.350. The van der Waals surface area contributed by atoms with E-state index >= 15 is 0 Å². The van der Waals surface area contributed by atoms with E-state index in [9.17, 15) is 26.3 Å². The van der Waals surface area contributed by atoms with Gasteiger partial charge in [-0.3, -0.25) is 20.0 Å². The van der Waals surface area contributed by atoms with Crippen molar-refractivity contribution in [2.75, 3.05) is 49.1 Å². The molecule has 0 spiro atoms. The van der Waals surface area contributed by atoms with Crippen LogP contribution in [0.2, 0.25) is 0 Å². The molecule has 0 amide bonds. The Morgan fingerprint density at radius 3 is 1.34 bits per heavy atom. The predicted octanol–water partition coefficient (Wildman–Crippen LogP) is 7.30. The molecule has 0 aromatic carbocycles. The van der Waals surface area contributed by atoms with Crippen LogP contribution in [0.4, 0.5) is 38.0 Å². The molecule has 2 fully saturated rings. The number of ether oxygens (including phenoxy) is 1. The van der Waals surface area contributed by atoms with Crippen LogP contribution in [0, 0.1) is 0 Å². The van der Waals surface area contributed by atoms with Crippen molar-refractivity contribution < 1.29 is 31.1 Å². The summed E-state index contributed by atoms with van der Waals surface area (Å²) in [6, 6.07) is 12.4. The van der Waals surface area contributed by atoms with Gasteiger partial charge in [-0.25, -0.2) is 19.9 Å². The molecule has 13 nitrogen and oxygen atoms in total. The van der Waals surface area contributed by atoms with Crippen LogP contribution < -0.4 is 14.5 Å². The van der Waals surface area contributed by atoms with E-state index in [0.717, 1.165) is 58.2 Å². The Labute approximate surface area is 335 Å². The molecule has 59 heavy (non-hydrogen) atoms. The Morgan fingerprint density at radius 1 is 0.559 bits per heavy atom. The van der Waals surface area contributed by atoms with Crippen LogP contribution in [-0.4, -0.2) is 101 Å². The van der Waals surface area contributed by atoms with E-state index in [1.807, 2.05) is 35.8 Å². The molecule has 2 unspecified atom stereocenters. The quantitative estimate of drug-likeness (QED) is 0.135. The van der Waals surface area contributed by atoms with Gasteiger partial charge in [0.2, 0.25) is 11.8 Å². The molecule has 2 N–H and O–H groups in total. The first-order valence-corrected chi connectivity index (χ1v) is 19.0. The normalized spacial score (nSPS) is 18.4. The molecule has 2 saturated heterocycles. The second-order valence-corrected chi connectivity index (χ2v) is 14.8. The number of rotatable bonds is 10. The third-order valence-corrected chi connectivity index (χ3v) is 10.6. The number of H-pyrrole nitrogens is 2. The van der Waals surface area contributed by atoms with Crippen molar-refractivity contribution in [2.24, 2.45) is 0 Å². The fourth-order valence-electron chi connectivity index (χ4n) is 7.61. The van der Waals surface area contributed by atoms with Gasteiger partial charge in [0.1, 0.15) is 11.6 Å². The van der Waals surface area contributed by atoms with Gasteiger partial charge in [0.15, 0.2) is 0 Å². The third kappa shape index (κ3) is 9.00. The van der Waals surface area contributed by atoms with Crippen LogP contribution in [0.1, 0.15) is 36.1 Å². The highest BCUT2D eigenvalue weighted by Crippen LogP contribution is 2.33. The molecule has 0 radical (unpaired) electrons. The van der Waals surface area contributed by atoms with Gasteiger partial charge in [-0.1, -0.05) is 0 Å². The third-order valence-electron chi connectivity index (χ3n) is 10.6. The summed E-state index contributed by atoms with van der Waals surface area (Å²) >= 11 is 0. The molecule has 2 atom stereocenters. The summed E-state index contributed by atoms with van der Waals surface area (Å²) in [4.78, 5) is 25.8. The van der Waals surface area contributed by atoms with Crippen molar-refractivity contribution in [2.45, 2.75) is 51.4 Å².